The minimum Gasteiger partial charge on any atom is -0.310 e. The summed E-state index contributed by atoms with van der Waals surface area (Å²) in [6.07, 6.45) is 8.24. The molecule has 0 aromatic carbocycles. The Kier molecular flexibility index (Phi) is 3.18. The van der Waals surface area contributed by atoms with Crippen LogP contribution in [0.25, 0.3) is 5.82 Å². The molecule has 3 rings (SSSR count). The van der Waals surface area contributed by atoms with Crippen molar-refractivity contribution in [3.8, 4) is 5.82 Å². The number of pyridine rings is 1. The fourth-order valence-corrected chi connectivity index (χ4v) is 2.26. The first-order chi connectivity index (χ1) is 8.72. The summed E-state index contributed by atoms with van der Waals surface area (Å²) in [5.74, 6) is 0.902. The van der Waals surface area contributed by atoms with Crippen molar-refractivity contribution in [1.29, 1.82) is 0 Å². The topological polar surface area (TPSA) is 42.7 Å². The van der Waals surface area contributed by atoms with Gasteiger partial charge in [0.15, 0.2) is 5.82 Å². The van der Waals surface area contributed by atoms with Crippen molar-refractivity contribution >= 4 is 15.9 Å². The van der Waals surface area contributed by atoms with E-state index in [1.165, 1.54) is 18.4 Å². The third-order valence-electron chi connectivity index (χ3n) is 3.00. The lowest BCUT2D eigenvalue weighted by molar-refractivity contribution is 0.676. The largest absolute Gasteiger partial charge is 0.310 e. The van der Waals surface area contributed by atoms with Gasteiger partial charge in [-0.05, 0) is 47.3 Å². The van der Waals surface area contributed by atoms with Crippen LogP contribution < -0.4 is 5.32 Å². The van der Waals surface area contributed by atoms with Gasteiger partial charge in [-0.25, -0.2) is 9.67 Å². The van der Waals surface area contributed by atoms with Crippen LogP contribution in [0.4, 0.5) is 0 Å². The monoisotopic (exact) mass is 306 g/mol. The number of nitrogens with zero attached hydrogens (tertiary/aromatic N) is 3. The Balaban J connectivity index is 1.91. The van der Waals surface area contributed by atoms with E-state index in [0.717, 1.165) is 22.4 Å². The minimum atomic E-state index is 0.691. The second kappa shape index (κ2) is 4.82. The lowest BCUT2D eigenvalue weighted by atomic mass is 10.2. The highest BCUT2D eigenvalue weighted by Crippen LogP contribution is 2.22. The van der Waals surface area contributed by atoms with Crippen molar-refractivity contribution in [2.75, 3.05) is 0 Å². The average molecular weight is 307 g/mol. The number of hydrogen-bond donors (Lipinski definition) is 1. The molecule has 2 aromatic rings. The number of halogens is 1. The summed E-state index contributed by atoms with van der Waals surface area (Å²) in [6, 6.07) is 2.80. The summed E-state index contributed by atoms with van der Waals surface area (Å²) >= 11 is 3.48. The molecule has 4 nitrogen and oxygen atoms in total. The zero-order valence-corrected chi connectivity index (χ0v) is 11.8. The number of rotatable bonds is 4. The van der Waals surface area contributed by atoms with Gasteiger partial charge < -0.3 is 5.32 Å². The standard InChI is InChI=1S/C13H15BrN4/c1-9-5-17-18(8-9)13-10(4-11(14)7-16-13)6-15-12-2-3-12/h4-5,7-8,12,15H,2-3,6H2,1H3. The highest BCUT2D eigenvalue weighted by atomic mass is 79.9. The second-order valence-corrected chi connectivity index (χ2v) is 5.67. The third-order valence-corrected chi connectivity index (χ3v) is 3.43. The molecule has 0 unspecified atom stereocenters. The van der Waals surface area contributed by atoms with Gasteiger partial charge in [0.25, 0.3) is 0 Å². The molecular formula is C13H15BrN4. The van der Waals surface area contributed by atoms with Crippen molar-refractivity contribution in [1.82, 2.24) is 20.1 Å². The van der Waals surface area contributed by atoms with Gasteiger partial charge in [-0.15, -0.1) is 0 Å². The molecule has 0 radical (unpaired) electrons. The SMILES string of the molecule is Cc1cnn(-c2ncc(Br)cc2CNC2CC2)c1. The van der Waals surface area contributed by atoms with E-state index in [2.05, 4.69) is 37.4 Å². The van der Waals surface area contributed by atoms with Crippen molar-refractivity contribution in [3.05, 3.63) is 40.3 Å². The van der Waals surface area contributed by atoms with Crippen LogP contribution in [0.5, 0.6) is 0 Å². The van der Waals surface area contributed by atoms with E-state index in [4.69, 9.17) is 0 Å². The van der Waals surface area contributed by atoms with Gasteiger partial charge in [0, 0.05) is 35.0 Å². The third kappa shape index (κ3) is 2.62. The smallest absolute Gasteiger partial charge is 0.157 e. The van der Waals surface area contributed by atoms with E-state index in [1.54, 1.807) is 0 Å². The maximum Gasteiger partial charge on any atom is 0.157 e. The molecule has 2 heterocycles. The predicted octanol–water partition coefficient (Wildman–Crippen LogP) is 2.59. The molecule has 94 valence electrons. The summed E-state index contributed by atoms with van der Waals surface area (Å²) in [5.41, 5.74) is 2.31. The molecule has 0 atom stereocenters. The summed E-state index contributed by atoms with van der Waals surface area (Å²) < 4.78 is 2.84. The van der Waals surface area contributed by atoms with E-state index in [1.807, 2.05) is 30.2 Å². The first-order valence-corrected chi connectivity index (χ1v) is 6.91. The van der Waals surface area contributed by atoms with Crippen LogP contribution in [-0.2, 0) is 6.54 Å². The molecule has 1 aliphatic rings. The highest BCUT2D eigenvalue weighted by Gasteiger charge is 2.21. The van der Waals surface area contributed by atoms with Crippen LogP contribution in [0, 0.1) is 6.92 Å². The van der Waals surface area contributed by atoms with Gasteiger partial charge in [0.2, 0.25) is 0 Å². The fourth-order valence-electron chi connectivity index (χ4n) is 1.88. The van der Waals surface area contributed by atoms with Crippen molar-refractivity contribution < 1.29 is 0 Å². The quantitative estimate of drug-likeness (QED) is 0.944. The van der Waals surface area contributed by atoms with Crippen LogP contribution in [0.15, 0.2) is 29.1 Å². The molecule has 1 fully saturated rings. The number of aryl methyl sites for hydroxylation is 1. The molecule has 0 aliphatic heterocycles. The Bertz CT molecular complexity index is 560. The van der Waals surface area contributed by atoms with Crippen LogP contribution in [-0.4, -0.2) is 20.8 Å². The Morgan fingerprint density at radius 3 is 2.94 bits per heavy atom. The lowest BCUT2D eigenvalue weighted by Crippen LogP contribution is -2.17. The van der Waals surface area contributed by atoms with Crippen molar-refractivity contribution in [2.24, 2.45) is 0 Å². The molecule has 0 amide bonds. The maximum absolute atomic E-state index is 4.47. The first-order valence-electron chi connectivity index (χ1n) is 6.12. The average Bonchev–Trinajstić information content (AvgIpc) is 3.08. The second-order valence-electron chi connectivity index (χ2n) is 4.75. The van der Waals surface area contributed by atoms with Gasteiger partial charge in [0.05, 0.1) is 6.20 Å². The Labute approximate surface area is 115 Å². The molecule has 1 N–H and O–H groups in total. The van der Waals surface area contributed by atoms with E-state index in [9.17, 15) is 0 Å². The maximum atomic E-state index is 4.47. The van der Waals surface area contributed by atoms with Crippen molar-refractivity contribution in [3.63, 3.8) is 0 Å². The molecule has 2 aromatic heterocycles. The molecule has 0 bridgehead atoms. The van der Waals surface area contributed by atoms with Crippen LogP contribution >= 0.6 is 15.9 Å². The van der Waals surface area contributed by atoms with Crippen molar-refractivity contribution in [2.45, 2.75) is 32.4 Å². The van der Waals surface area contributed by atoms with Gasteiger partial charge in [0.1, 0.15) is 0 Å². The lowest BCUT2D eigenvalue weighted by Gasteiger charge is -2.09. The normalized spacial score (nSPS) is 15.0. The minimum absolute atomic E-state index is 0.691. The first kappa shape index (κ1) is 11.9. The summed E-state index contributed by atoms with van der Waals surface area (Å²) in [5, 5.41) is 7.85. The number of aromatic nitrogens is 3. The van der Waals surface area contributed by atoms with Crippen LogP contribution in [0.3, 0.4) is 0 Å². The number of nitrogens with one attached hydrogen (secondary N) is 1. The van der Waals surface area contributed by atoms with E-state index in [-0.39, 0.29) is 0 Å². The zero-order valence-electron chi connectivity index (χ0n) is 10.2. The molecule has 1 saturated carbocycles. The highest BCUT2D eigenvalue weighted by molar-refractivity contribution is 9.10. The molecule has 0 spiro atoms. The Hall–Kier alpha value is -1.20. The van der Waals surface area contributed by atoms with Gasteiger partial charge in [-0.2, -0.15) is 5.10 Å². The van der Waals surface area contributed by atoms with Gasteiger partial charge in [-0.3, -0.25) is 0 Å². The predicted molar refractivity (Wildman–Crippen MR) is 73.7 cm³/mol. The van der Waals surface area contributed by atoms with Crippen LogP contribution in [0.1, 0.15) is 24.0 Å². The molecule has 0 saturated heterocycles. The molecule has 1 aliphatic carbocycles. The van der Waals surface area contributed by atoms with E-state index in [0.29, 0.717) is 6.04 Å². The molecule has 5 heteroatoms. The Morgan fingerprint density at radius 2 is 2.28 bits per heavy atom. The Morgan fingerprint density at radius 1 is 1.44 bits per heavy atom. The van der Waals surface area contributed by atoms with Crippen LogP contribution in [0.2, 0.25) is 0 Å². The van der Waals surface area contributed by atoms with Gasteiger partial charge in [-0.1, -0.05) is 0 Å². The summed E-state index contributed by atoms with van der Waals surface area (Å²) in [7, 11) is 0. The summed E-state index contributed by atoms with van der Waals surface area (Å²) in [6.45, 7) is 2.87. The van der Waals surface area contributed by atoms with E-state index >= 15 is 0 Å². The van der Waals surface area contributed by atoms with E-state index < -0.39 is 0 Å². The fraction of sp³-hybridized carbons (Fsp3) is 0.385. The van der Waals surface area contributed by atoms with Gasteiger partial charge >= 0.3 is 0 Å². The molecular weight excluding hydrogens is 292 g/mol. The zero-order chi connectivity index (χ0) is 12.5. The summed E-state index contributed by atoms with van der Waals surface area (Å²) in [4.78, 5) is 4.47. The molecule has 18 heavy (non-hydrogen) atoms. The number of hydrogen-bond acceptors (Lipinski definition) is 3.